The van der Waals surface area contributed by atoms with Gasteiger partial charge >= 0.3 is 6.18 Å². The van der Waals surface area contributed by atoms with Gasteiger partial charge in [0.05, 0.1) is 17.1 Å². The summed E-state index contributed by atoms with van der Waals surface area (Å²) in [7, 11) is -4.68. The largest absolute Gasteiger partial charge is 0.494 e. The number of amides is 1. The Kier molecular flexibility index (Phi) is 13.2. The molecule has 0 bridgehead atoms. The van der Waals surface area contributed by atoms with Crippen molar-refractivity contribution < 1.29 is 31.1 Å². The Labute approximate surface area is 328 Å². The maximum absolute atomic E-state index is 14.0. The van der Waals surface area contributed by atoms with Gasteiger partial charge in [-0.3, -0.25) is 9.69 Å². The number of benzene rings is 4. The van der Waals surface area contributed by atoms with Crippen LogP contribution in [-0.4, -0.2) is 74.5 Å². The van der Waals surface area contributed by atoms with Gasteiger partial charge in [0.15, 0.2) is 11.5 Å². The molecule has 10 nitrogen and oxygen atoms in total. The van der Waals surface area contributed by atoms with Gasteiger partial charge in [-0.1, -0.05) is 54.3 Å². The molecule has 0 radical (unpaired) electrons. The maximum Gasteiger partial charge on any atom is 0.418 e. The van der Waals surface area contributed by atoms with Gasteiger partial charge < -0.3 is 15.0 Å². The Balaban J connectivity index is 1.03. The van der Waals surface area contributed by atoms with E-state index in [2.05, 4.69) is 38.3 Å². The Morgan fingerprint density at radius 2 is 1.64 bits per heavy atom. The second kappa shape index (κ2) is 18.4. The van der Waals surface area contributed by atoms with Gasteiger partial charge in [0.2, 0.25) is 0 Å². The zero-order valence-electron chi connectivity index (χ0n) is 30.4. The number of hydrogen-bond acceptors (Lipinski definition) is 10. The minimum atomic E-state index is -4.85. The van der Waals surface area contributed by atoms with E-state index in [1.54, 1.807) is 6.07 Å². The molecule has 290 valence electrons. The lowest BCUT2D eigenvalue weighted by atomic mass is 10.1. The number of nitrogens with one attached hydrogen (secondary N) is 2. The van der Waals surface area contributed by atoms with E-state index >= 15 is 0 Å². The van der Waals surface area contributed by atoms with Gasteiger partial charge in [0.25, 0.3) is 15.9 Å². The molecule has 4 aromatic carbocycles. The molecule has 1 aliphatic heterocycles. The Hall–Kier alpha value is -5.56. The third-order valence-electron chi connectivity index (χ3n) is 8.74. The van der Waals surface area contributed by atoms with Crippen molar-refractivity contribution in [2.45, 2.75) is 29.4 Å². The third kappa shape index (κ3) is 10.8. The van der Waals surface area contributed by atoms with Crippen molar-refractivity contribution in [1.29, 1.82) is 0 Å². The van der Waals surface area contributed by atoms with E-state index in [0.717, 1.165) is 52.6 Å². The normalized spacial score (nSPS) is 13.4. The SMILES string of the molecule is CCOc1cccc(C#Cc2ccccc2CN2CCN(c3ccc(C(=O)NS(=O)(=O)c4ccc(NCCSc5ccccc5)c(C(F)(F)F)c4)nn3)CC2)c1. The molecule has 0 spiro atoms. The van der Waals surface area contributed by atoms with E-state index in [0.29, 0.717) is 43.9 Å². The summed E-state index contributed by atoms with van der Waals surface area (Å²) in [5.41, 5.74) is 1.18. The molecule has 6 rings (SSSR count). The number of aromatic nitrogens is 2. The quantitative estimate of drug-likeness (QED) is 0.0738. The Morgan fingerprint density at radius 3 is 2.38 bits per heavy atom. The van der Waals surface area contributed by atoms with Gasteiger partial charge in [-0.2, -0.15) is 13.2 Å². The summed E-state index contributed by atoms with van der Waals surface area (Å²) in [4.78, 5) is 17.5. The van der Waals surface area contributed by atoms with Crippen LogP contribution in [0.1, 0.15) is 39.7 Å². The fraction of sp³-hybridized carbons (Fsp3) is 0.244. The topological polar surface area (TPSA) is 117 Å². The predicted octanol–water partition coefficient (Wildman–Crippen LogP) is 6.94. The number of piperazine rings is 1. The van der Waals surface area contributed by atoms with Gasteiger partial charge in [-0.05, 0) is 79.2 Å². The van der Waals surface area contributed by atoms with E-state index in [4.69, 9.17) is 4.74 Å². The lowest BCUT2D eigenvalue weighted by Crippen LogP contribution is -2.46. The monoisotopic (exact) mass is 800 g/mol. The first kappa shape index (κ1) is 40.1. The summed E-state index contributed by atoms with van der Waals surface area (Å²) in [6.45, 7) is 6.13. The highest BCUT2D eigenvalue weighted by atomic mass is 32.2. The molecular weight excluding hydrogens is 762 g/mol. The van der Waals surface area contributed by atoms with E-state index < -0.39 is 32.6 Å². The van der Waals surface area contributed by atoms with Crippen LogP contribution in [-0.2, 0) is 22.7 Å². The number of ether oxygens (including phenoxy) is 1. The van der Waals surface area contributed by atoms with E-state index in [9.17, 15) is 26.4 Å². The summed E-state index contributed by atoms with van der Waals surface area (Å²) in [5, 5.41) is 10.8. The summed E-state index contributed by atoms with van der Waals surface area (Å²) in [6.07, 6.45) is -4.85. The molecule has 1 amide bonds. The van der Waals surface area contributed by atoms with Gasteiger partial charge in [0, 0.05) is 66.7 Å². The Bertz CT molecular complexity index is 2290. The van der Waals surface area contributed by atoms with Crippen LogP contribution in [0.2, 0.25) is 0 Å². The first-order chi connectivity index (χ1) is 27.0. The highest BCUT2D eigenvalue weighted by Crippen LogP contribution is 2.36. The fourth-order valence-electron chi connectivity index (χ4n) is 5.92. The number of alkyl halides is 3. The minimum Gasteiger partial charge on any atom is -0.494 e. The Morgan fingerprint density at radius 1 is 0.875 bits per heavy atom. The lowest BCUT2D eigenvalue weighted by Gasteiger charge is -2.35. The smallest absolute Gasteiger partial charge is 0.418 e. The molecule has 0 unspecified atom stereocenters. The molecule has 2 heterocycles. The average molecular weight is 801 g/mol. The standard InChI is InChI=1S/C41H39F3N6O4S2/c1-2-54-33-12-8-9-30(27-33)15-16-31-10-6-7-11-32(31)29-49-22-24-50(25-23-49)39-20-19-38(46-47-39)40(51)48-56(52,53)35-17-18-37(36(28-35)41(42,43)44)45-21-26-55-34-13-4-3-5-14-34/h3-14,17-20,27-28,45H,2,21-26,29H2,1H3,(H,48,51). The van der Waals surface area contributed by atoms with Crippen LogP contribution in [0.3, 0.4) is 0 Å². The zero-order valence-corrected chi connectivity index (χ0v) is 32.1. The minimum absolute atomic E-state index is 0.201. The number of anilines is 2. The zero-order chi connectivity index (χ0) is 39.5. The van der Waals surface area contributed by atoms with Crippen molar-refractivity contribution in [1.82, 2.24) is 19.8 Å². The number of halogens is 3. The number of nitrogens with zero attached hydrogens (tertiary/aromatic N) is 4. The molecule has 0 aliphatic carbocycles. The first-order valence-corrected chi connectivity index (χ1v) is 20.3. The third-order valence-corrected chi connectivity index (χ3v) is 11.1. The van der Waals surface area contributed by atoms with Crippen LogP contribution >= 0.6 is 11.8 Å². The van der Waals surface area contributed by atoms with E-state index in [1.165, 1.54) is 17.8 Å². The molecule has 56 heavy (non-hydrogen) atoms. The van der Waals surface area contributed by atoms with Gasteiger partial charge in [-0.25, -0.2) is 13.1 Å². The van der Waals surface area contributed by atoms with Crippen LogP contribution in [0.15, 0.2) is 119 Å². The average Bonchev–Trinajstić information content (AvgIpc) is 3.20. The number of thioether (sulfide) groups is 1. The van der Waals surface area contributed by atoms with E-state index in [-0.39, 0.29) is 17.9 Å². The molecule has 1 aliphatic rings. The summed E-state index contributed by atoms with van der Waals surface area (Å²) >= 11 is 1.47. The van der Waals surface area contributed by atoms with Crippen molar-refractivity contribution in [2.75, 3.05) is 55.3 Å². The highest BCUT2D eigenvalue weighted by Gasteiger charge is 2.35. The maximum atomic E-state index is 14.0. The second-order valence-corrected chi connectivity index (χ2v) is 15.5. The van der Waals surface area contributed by atoms with Crippen LogP contribution < -0.4 is 19.7 Å². The predicted molar refractivity (Wildman–Crippen MR) is 211 cm³/mol. The van der Waals surface area contributed by atoms with Gasteiger partial charge in [0.1, 0.15) is 5.75 Å². The van der Waals surface area contributed by atoms with Crippen LogP contribution in [0.5, 0.6) is 5.75 Å². The van der Waals surface area contributed by atoms with Crippen molar-refractivity contribution in [2.24, 2.45) is 0 Å². The van der Waals surface area contributed by atoms with Crippen molar-refractivity contribution >= 4 is 39.2 Å². The van der Waals surface area contributed by atoms with Crippen molar-refractivity contribution in [3.63, 3.8) is 0 Å². The molecule has 5 aromatic rings. The first-order valence-electron chi connectivity index (χ1n) is 17.8. The lowest BCUT2D eigenvalue weighted by molar-refractivity contribution is -0.137. The molecule has 2 N–H and O–H groups in total. The molecule has 15 heteroatoms. The number of hydrogen-bond donors (Lipinski definition) is 2. The summed E-state index contributed by atoms with van der Waals surface area (Å²) in [5.74, 6) is 7.19. The number of carbonyl (C=O) groups is 1. The van der Waals surface area contributed by atoms with Crippen molar-refractivity contribution in [3.05, 3.63) is 137 Å². The van der Waals surface area contributed by atoms with Crippen LogP contribution in [0.4, 0.5) is 24.7 Å². The number of carbonyl (C=O) groups excluding carboxylic acids is 1. The highest BCUT2D eigenvalue weighted by molar-refractivity contribution is 7.99. The summed E-state index contributed by atoms with van der Waals surface area (Å²) in [6, 6.07) is 30.6. The van der Waals surface area contributed by atoms with Crippen LogP contribution in [0, 0.1) is 11.8 Å². The van der Waals surface area contributed by atoms with E-state index in [1.807, 2.05) is 89.3 Å². The number of sulfonamides is 1. The molecule has 0 atom stereocenters. The molecule has 1 aromatic heterocycles. The summed E-state index contributed by atoms with van der Waals surface area (Å²) < 4.78 is 75.5. The van der Waals surface area contributed by atoms with Crippen LogP contribution in [0.25, 0.3) is 0 Å². The number of rotatable bonds is 13. The molecule has 1 fully saturated rings. The second-order valence-electron chi connectivity index (χ2n) is 12.6. The molecule has 0 saturated carbocycles. The van der Waals surface area contributed by atoms with Gasteiger partial charge in [-0.15, -0.1) is 22.0 Å². The molecular formula is C41H39F3N6O4S2. The molecule has 1 saturated heterocycles. The fourth-order valence-corrected chi connectivity index (χ4v) is 7.70. The van der Waals surface area contributed by atoms with Crippen molar-refractivity contribution in [3.8, 4) is 17.6 Å².